The van der Waals surface area contributed by atoms with Crippen molar-refractivity contribution in [3.63, 3.8) is 0 Å². The molecule has 0 saturated carbocycles. The number of nitrogens with zero attached hydrogens (tertiary/aromatic N) is 2. The first-order valence-electron chi connectivity index (χ1n) is 6.60. The summed E-state index contributed by atoms with van der Waals surface area (Å²) in [5.41, 5.74) is 8.32. The zero-order valence-electron chi connectivity index (χ0n) is 11.5. The molecule has 1 aromatic rings. The highest BCUT2D eigenvalue weighted by atomic mass is 35.5. The van der Waals surface area contributed by atoms with Crippen LogP contribution in [0, 0.1) is 0 Å². The lowest BCUT2D eigenvalue weighted by Gasteiger charge is -2.24. The topological polar surface area (TPSA) is 32.5 Å². The number of benzene rings is 1. The highest BCUT2D eigenvalue weighted by molar-refractivity contribution is 6.42. The van der Waals surface area contributed by atoms with Crippen molar-refractivity contribution in [3.05, 3.63) is 33.3 Å². The van der Waals surface area contributed by atoms with Crippen LogP contribution in [0.25, 0.3) is 0 Å². The van der Waals surface area contributed by atoms with Crippen LogP contribution in [0.4, 0.5) is 0 Å². The first-order chi connectivity index (χ1) is 9.04. The maximum absolute atomic E-state index is 6.30. The first-order valence-corrected chi connectivity index (χ1v) is 7.35. The molecule has 0 amide bonds. The summed E-state index contributed by atoms with van der Waals surface area (Å²) in [5, 5.41) is 1.32. The molecule has 0 aromatic heterocycles. The molecule has 0 bridgehead atoms. The van der Waals surface area contributed by atoms with Crippen LogP contribution in [0.1, 0.15) is 23.6 Å². The summed E-state index contributed by atoms with van der Waals surface area (Å²) in [5.74, 6) is 0. The van der Waals surface area contributed by atoms with Crippen LogP contribution < -0.4 is 5.73 Å². The summed E-state index contributed by atoms with van der Waals surface area (Å²) in [7, 11) is 4.19. The number of halogens is 2. The minimum absolute atomic E-state index is 0.270. The summed E-state index contributed by atoms with van der Waals surface area (Å²) in [6.07, 6.45) is 1.13. The van der Waals surface area contributed by atoms with Crippen molar-refractivity contribution in [2.45, 2.75) is 19.0 Å². The molecular weight excluding hydrogens is 281 g/mol. The molecule has 5 heteroatoms. The SMILES string of the molecule is CN(C)CCCN1Cc2c(ccc(Cl)c2Cl)C1CN. The van der Waals surface area contributed by atoms with Crippen LogP contribution >= 0.6 is 23.2 Å². The van der Waals surface area contributed by atoms with Gasteiger partial charge in [-0.1, -0.05) is 29.3 Å². The van der Waals surface area contributed by atoms with Crippen LogP contribution in [-0.4, -0.2) is 43.5 Å². The van der Waals surface area contributed by atoms with Crippen molar-refractivity contribution < 1.29 is 0 Å². The van der Waals surface area contributed by atoms with Crippen molar-refractivity contribution in [2.24, 2.45) is 5.73 Å². The highest BCUT2D eigenvalue weighted by Gasteiger charge is 2.30. The van der Waals surface area contributed by atoms with E-state index in [9.17, 15) is 0 Å². The molecule has 0 aliphatic carbocycles. The molecule has 106 valence electrons. The molecule has 1 unspecified atom stereocenters. The summed E-state index contributed by atoms with van der Waals surface area (Å²) < 4.78 is 0. The molecule has 0 radical (unpaired) electrons. The second-order valence-electron chi connectivity index (χ2n) is 5.31. The second-order valence-corrected chi connectivity index (χ2v) is 6.09. The zero-order valence-corrected chi connectivity index (χ0v) is 13.0. The van der Waals surface area contributed by atoms with Crippen molar-refractivity contribution >= 4 is 23.2 Å². The third-order valence-electron chi connectivity index (χ3n) is 3.67. The standard InChI is InChI=1S/C14H21Cl2N3/c1-18(2)6-3-7-19-9-11-10(13(19)8-17)4-5-12(15)14(11)16/h4-5,13H,3,6-9,17H2,1-2H3. The van der Waals surface area contributed by atoms with E-state index in [0.717, 1.165) is 31.6 Å². The number of hydrogen-bond acceptors (Lipinski definition) is 3. The number of rotatable bonds is 5. The van der Waals surface area contributed by atoms with E-state index in [4.69, 9.17) is 28.9 Å². The fourth-order valence-corrected chi connectivity index (χ4v) is 3.10. The minimum atomic E-state index is 0.270. The van der Waals surface area contributed by atoms with Crippen LogP contribution in [0.3, 0.4) is 0 Å². The van der Waals surface area contributed by atoms with Crippen LogP contribution in [0.2, 0.25) is 10.0 Å². The monoisotopic (exact) mass is 301 g/mol. The third-order valence-corrected chi connectivity index (χ3v) is 4.51. The van der Waals surface area contributed by atoms with E-state index in [1.807, 2.05) is 6.07 Å². The second kappa shape index (κ2) is 6.42. The van der Waals surface area contributed by atoms with Crippen LogP contribution in [0.15, 0.2) is 12.1 Å². The molecule has 19 heavy (non-hydrogen) atoms. The Hall–Kier alpha value is -0.320. The van der Waals surface area contributed by atoms with E-state index in [-0.39, 0.29) is 6.04 Å². The maximum atomic E-state index is 6.30. The van der Waals surface area contributed by atoms with Gasteiger partial charge in [-0.3, -0.25) is 4.90 Å². The Kier molecular flexibility index (Phi) is 5.09. The van der Waals surface area contributed by atoms with Gasteiger partial charge in [-0.15, -0.1) is 0 Å². The fourth-order valence-electron chi connectivity index (χ4n) is 2.69. The molecule has 2 rings (SSSR count). The van der Waals surface area contributed by atoms with Gasteiger partial charge < -0.3 is 10.6 Å². The van der Waals surface area contributed by atoms with Gasteiger partial charge in [0.2, 0.25) is 0 Å². The Balaban J connectivity index is 2.11. The van der Waals surface area contributed by atoms with E-state index >= 15 is 0 Å². The Morgan fingerprint density at radius 1 is 1.37 bits per heavy atom. The molecule has 1 atom stereocenters. The zero-order chi connectivity index (χ0) is 14.0. The lowest BCUT2D eigenvalue weighted by atomic mass is 10.1. The Morgan fingerprint density at radius 3 is 2.74 bits per heavy atom. The van der Waals surface area contributed by atoms with Crippen molar-refractivity contribution in [3.8, 4) is 0 Å². The summed E-state index contributed by atoms with van der Waals surface area (Å²) in [6, 6.07) is 4.20. The van der Waals surface area contributed by atoms with Crippen LogP contribution in [-0.2, 0) is 6.54 Å². The first kappa shape index (κ1) is 15.1. The fraction of sp³-hybridized carbons (Fsp3) is 0.571. The molecule has 0 spiro atoms. The smallest absolute Gasteiger partial charge is 0.0640 e. The van der Waals surface area contributed by atoms with Crippen molar-refractivity contribution in [1.82, 2.24) is 9.80 Å². The average Bonchev–Trinajstić information content (AvgIpc) is 2.72. The minimum Gasteiger partial charge on any atom is -0.329 e. The maximum Gasteiger partial charge on any atom is 0.0640 e. The van der Waals surface area contributed by atoms with Gasteiger partial charge in [-0.2, -0.15) is 0 Å². The lowest BCUT2D eigenvalue weighted by molar-refractivity contribution is 0.208. The van der Waals surface area contributed by atoms with E-state index in [2.05, 4.69) is 30.0 Å². The van der Waals surface area contributed by atoms with Gasteiger partial charge in [-0.05, 0) is 44.3 Å². The predicted molar refractivity (Wildman–Crippen MR) is 81.8 cm³/mol. The van der Waals surface area contributed by atoms with E-state index in [1.54, 1.807) is 0 Å². The average molecular weight is 302 g/mol. The Labute approximate surface area is 125 Å². The number of hydrogen-bond donors (Lipinski definition) is 1. The third kappa shape index (κ3) is 3.23. The van der Waals surface area contributed by atoms with E-state index in [1.165, 1.54) is 5.56 Å². The van der Waals surface area contributed by atoms with Crippen molar-refractivity contribution in [2.75, 3.05) is 33.7 Å². The number of fused-ring (bicyclic) bond motifs is 1. The molecular formula is C14H21Cl2N3. The number of nitrogens with two attached hydrogens (primary N) is 1. The largest absolute Gasteiger partial charge is 0.329 e. The van der Waals surface area contributed by atoms with E-state index < -0.39 is 0 Å². The van der Waals surface area contributed by atoms with Gasteiger partial charge in [0.05, 0.1) is 10.0 Å². The molecule has 1 aromatic carbocycles. The molecule has 2 N–H and O–H groups in total. The molecule has 0 saturated heterocycles. The molecule has 0 fully saturated rings. The highest BCUT2D eigenvalue weighted by Crippen LogP contribution is 2.39. The summed E-state index contributed by atoms with van der Waals surface area (Å²) >= 11 is 12.4. The molecule has 1 aliphatic rings. The summed E-state index contributed by atoms with van der Waals surface area (Å²) in [6.45, 7) is 3.58. The Morgan fingerprint density at radius 2 is 2.11 bits per heavy atom. The van der Waals surface area contributed by atoms with Crippen molar-refractivity contribution in [1.29, 1.82) is 0 Å². The quantitative estimate of drug-likeness (QED) is 0.908. The summed E-state index contributed by atoms with van der Waals surface area (Å²) in [4.78, 5) is 4.60. The molecule has 3 nitrogen and oxygen atoms in total. The Bertz CT molecular complexity index is 449. The van der Waals surface area contributed by atoms with Gasteiger partial charge >= 0.3 is 0 Å². The lowest BCUT2D eigenvalue weighted by Crippen LogP contribution is -2.30. The van der Waals surface area contributed by atoms with E-state index in [0.29, 0.717) is 16.6 Å². The normalized spacial score (nSPS) is 19.2. The van der Waals surface area contributed by atoms with Gasteiger partial charge in [-0.25, -0.2) is 0 Å². The van der Waals surface area contributed by atoms with Gasteiger partial charge in [0, 0.05) is 25.7 Å². The predicted octanol–water partition coefficient (Wildman–Crippen LogP) is 2.76. The van der Waals surface area contributed by atoms with Gasteiger partial charge in [0.25, 0.3) is 0 Å². The van der Waals surface area contributed by atoms with Crippen LogP contribution in [0.5, 0.6) is 0 Å². The molecule has 1 heterocycles. The molecule has 1 aliphatic heterocycles. The van der Waals surface area contributed by atoms with Gasteiger partial charge in [0.1, 0.15) is 0 Å². The van der Waals surface area contributed by atoms with Gasteiger partial charge in [0.15, 0.2) is 0 Å².